The monoisotopic (exact) mass is 396 g/mol. The number of halogens is 2. The Hall–Kier alpha value is -2.15. The number of carbonyl (C=O) groups excluding carboxylic acids is 2. The van der Waals surface area contributed by atoms with Crippen molar-refractivity contribution >= 4 is 48.1 Å². The molecule has 140 valence electrons. The molecule has 1 aliphatic carbocycles. The van der Waals surface area contributed by atoms with Crippen LogP contribution in [-0.2, 0) is 4.79 Å². The molecule has 2 aromatic rings. The molecule has 0 spiro atoms. The zero-order chi connectivity index (χ0) is 16.8. The van der Waals surface area contributed by atoms with E-state index in [0.29, 0.717) is 23.6 Å². The van der Waals surface area contributed by atoms with Crippen molar-refractivity contribution in [3.63, 3.8) is 0 Å². The fraction of sp³-hybridized carbons (Fsp3) is 0.278. The van der Waals surface area contributed by atoms with E-state index in [1.54, 1.807) is 36.4 Å². The van der Waals surface area contributed by atoms with Crippen molar-refractivity contribution in [2.45, 2.75) is 12.8 Å². The number of benzene rings is 1. The van der Waals surface area contributed by atoms with E-state index in [9.17, 15) is 9.59 Å². The lowest BCUT2D eigenvalue weighted by Gasteiger charge is -2.08. The highest BCUT2D eigenvalue weighted by atomic mass is 35.5. The van der Waals surface area contributed by atoms with Gasteiger partial charge >= 0.3 is 0 Å². The lowest BCUT2D eigenvalue weighted by atomic mass is 10.2. The highest BCUT2D eigenvalue weighted by Crippen LogP contribution is 2.27. The topological polar surface area (TPSA) is 83.1 Å². The molecular weight excluding hydrogens is 375 g/mol. The number of hydrogen-bond donors (Lipinski definition) is 3. The maximum absolute atomic E-state index is 12.0. The second-order valence-electron chi connectivity index (χ2n) is 5.87. The molecule has 8 heteroatoms. The molecule has 6 nitrogen and oxygen atoms in total. The van der Waals surface area contributed by atoms with Crippen LogP contribution < -0.4 is 16.0 Å². The zero-order valence-electron chi connectivity index (χ0n) is 14.1. The average molecular weight is 397 g/mol. The molecule has 1 heterocycles. The Bertz CT molecular complexity index is 707. The van der Waals surface area contributed by atoms with Crippen molar-refractivity contribution in [1.82, 2.24) is 10.3 Å². The van der Waals surface area contributed by atoms with Gasteiger partial charge < -0.3 is 16.0 Å². The number of rotatable bonds is 7. The van der Waals surface area contributed by atoms with Gasteiger partial charge in [-0.3, -0.25) is 9.59 Å². The number of pyridine rings is 1. The molecule has 3 N–H and O–H groups in total. The van der Waals surface area contributed by atoms with Gasteiger partial charge in [-0.05, 0) is 49.6 Å². The first-order valence-corrected chi connectivity index (χ1v) is 8.04. The van der Waals surface area contributed by atoms with Crippen molar-refractivity contribution in [2.75, 3.05) is 23.7 Å². The van der Waals surface area contributed by atoms with Crippen LogP contribution in [0.15, 0.2) is 48.7 Å². The molecule has 0 radical (unpaired) electrons. The molecule has 26 heavy (non-hydrogen) atoms. The Balaban J connectivity index is 0.00000169. The van der Waals surface area contributed by atoms with Crippen LogP contribution in [0.4, 0.5) is 11.5 Å². The molecule has 1 aromatic heterocycles. The van der Waals surface area contributed by atoms with Gasteiger partial charge in [-0.1, -0.05) is 18.2 Å². The van der Waals surface area contributed by atoms with Gasteiger partial charge in [0.25, 0.3) is 5.91 Å². The Morgan fingerprint density at radius 3 is 2.35 bits per heavy atom. The van der Waals surface area contributed by atoms with E-state index < -0.39 is 0 Å². The molecule has 0 atom stereocenters. The summed E-state index contributed by atoms with van der Waals surface area (Å²) in [7, 11) is 0. The standard InChI is InChI=1S/C18H20N4O2.2ClH/c23-17(12-19-10-13-6-7-13)21-15-8-9-16(20-11-15)22-18(24)14-4-2-1-3-5-14;;/h1-5,8-9,11,13,19H,6-7,10,12H2,(H,21,23)(H,20,22,24);2*1H. The predicted octanol–water partition coefficient (Wildman–Crippen LogP) is 3.12. The van der Waals surface area contributed by atoms with Gasteiger partial charge in [0.1, 0.15) is 5.82 Å². The van der Waals surface area contributed by atoms with Crippen molar-refractivity contribution in [2.24, 2.45) is 5.92 Å². The predicted molar refractivity (Wildman–Crippen MR) is 107 cm³/mol. The maximum atomic E-state index is 12.0. The molecule has 0 bridgehead atoms. The van der Waals surface area contributed by atoms with Gasteiger partial charge in [0.15, 0.2) is 0 Å². The molecule has 1 aromatic carbocycles. The molecule has 0 unspecified atom stereocenters. The summed E-state index contributed by atoms with van der Waals surface area (Å²) in [5.41, 5.74) is 1.17. The molecule has 1 fully saturated rings. The summed E-state index contributed by atoms with van der Waals surface area (Å²) < 4.78 is 0. The number of aromatic nitrogens is 1. The Kier molecular flexibility index (Phi) is 9.05. The van der Waals surface area contributed by atoms with Gasteiger partial charge in [0, 0.05) is 5.56 Å². The Morgan fingerprint density at radius 1 is 1.00 bits per heavy atom. The minimum atomic E-state index is -0.218. The summed E-state index contributed by atoms with van der Waals surface area (Å²) in [4.78, 5) is 28.0. The third-order valence-corrected chi connectivity index (χ3v) is 3.74. The molecule has 3 rings (SSSR count). The maximum Gasteiger partial charge on any atom is 0.256 e. The lowest BCUT2D eigenvalue weighted by Crippen LogP contribution is -2.29. The molecule has 1 saturated carbocycles. The summed E-state index contributed by atoms with van der Waals surface area (Å²) in [6.07, 6.45) is 4.04. The highest BCUT2D eigenvalue weighted by Gasteiger charge is 2.20. The molecule has 0 saturated heterocycles. The van der Waals surface area contributed by atoms with E-state index in [4.69, 9.17) is 0 Å². The van der Waals surface area contributed by atoms with E-state index in [0.717, 1.165) is 12.5 Å². The van der Waals surface area contributed by atoms with E-state index >= 15 is 0 Å². The third-order valence-electron chi connectivity index (χ3n) is 3.74. The second-order valence-corrected chi connectivity index (χ2v) is 5.87. The minimum absolute atomic E-state index is 0. The van der Waals surface area contributed by atoms with Crippen LogP contribution in [0.5, 0.6) is 0 Å². The van der Waals surface area contributed by atoms with E-state index in [1.807, 2.05) is 6.07 Å². The van der Waals surface area contributed by atoms with Crippen LogP contribution in [0.3, 0.4) is 0 Å². The number of anilines is 2. The number of nitrogens with zero attached hydrogens (tertiary/aromatic N) is 1. The van der Waals surface area contributed by atoms with Crippen LogP contribution in [0.2, 0.25) is 0 Å². The van der Waals surface area contributed by atoms with Crippen LogP contribution in [-0.4, -0.2) is 29.9 Å². The summed E-state index contributed by atoms with van der Waals surface area (Å²) in [6.45, 7) is 1.19. The zero-order valence-corrected chi connectivity index (χ0v) is 15.7. The van der Waals surface area contributed by atoms with Gasteiger partial charge in [-0.15, -0.1) is 24.8 Å². The first-order chi connectivity index (χ1) is 11.7. The molecule has 1 aliphatic rings. The Morgan fingerprint density at radius 2 is 1.73 bits per heavy atom. The molecule has 2 amide bonds. The normalized spacial score (nSPS) is 12.3. The SMILES string of the molecule is Cl.Cl.O=C(CNCC1CC1)Nc1ccc(NC(=O)c2ccccc2)nc1. The smallest absolute Gasteiger partial charge is 0.256 e. The van der Waals surface area contributed by atoms with E-state index in [-0.39, 0.29) is 36.6 Å². The minimum Gasteiger partial charge on any atom is -0.324 e. The fourth-order valence-electron chi connectivity index (χ4n) is 2.24. The van der Waals surface area contributed by atoms with Crippen LogP contribution in [0.25, 0.3) is 0 Å². The quantitative estimate of drug-likeness (QED) is 0.671. The summed E-state index contributed by atoms with van der Waals surface area (Å²) >= 11 is 0. The van der Waals surface area contributed by atoms with Crippen molar-refractivity contribution in [3.05, 3.63) is 54.2 Å². The fourth-order valence-corrected chi connectivity index (χ4v) is 2.24. The number of hydrogen-bond acceptors (Lipinski definition) is 4. The van der Waals surface area contributed by atoms with Crippen molar-refractivity contribution in [1.29, 1.82) is 0 Å². The number of carbonyl (C=O) groups is 2. The van der Waals surface area contributed by atoms with Crippen LogP contribution >= 0.6 is 24.8 Å². The largest absolute Gasteiger partial charge is 0.324 e. The highest BCUT2D eigenvalue weighted by molar-refractivity contribution is 6.03. The number of amides is 2. The third kappa shape index (κ3) is 7.00. The lowest BCUT2D eigenvalue weighted by molar-refractivity contribution is -0.115. The number of nitrogens with one attached hydrogen (secondary N) is 3. The van der Waals surface area contributed by atoms with Crippen molar-refractivity contribution < 1.29 is 9.59 Å². The van der Waals surface area contributed by atoms with Gasteiger partial charge in [0.2, 0.25) is 5.91 Å². The second kappa shape index (κ2) is 10.8. The van der Waals surface area contributed by atoms with Gasteiger partial charge in [0.05, 0.1) is 18.4 Å². The van der Waals surface area contributed by atoms with Gasteiger partial charge in [-0.2, -0.15) is 0 Å². The van der Waals surface area contributed by atoms with Crippen LogP contribution in [0.1, 0.15) is 23.2 Å². The van der Waals surface area contributed by atoms with E-state index in [1.165, 1.54) is 19.0 Å². The first-order valence-electron chi connectivity index (χ1n) is 8.04. The Labute approximate surface area is 165 Å². The summed E-state index contributed by atoms with van der Waals surface area (Å²) in [5.74, 6) is 0.864. The molecular formula is C18H22Cl2N4O2. The van der Waals surface area contributed by atoms with Crippen LogP contribution in [0, 0.1) is 5.92 Å². The summed E-state index contributed by atoms with van der Waals surface area (Å²) in [5, 5.41) is 8.62. The van der Waals surface area contributed by atoms with E-state index in [2.05, 4.69) is 20.9 Å². The van der Waals surface area contributed by atoms with Crippen molar-refractivity contribution in [3.8, 4) is 0 Å². The summed E-state index contributed by atoms with van der Waals surface area (Å²) in [6, 6.07) is 12.3. The first kappa shape index (κ1) is 21.9. The van der Waals surface area contributed by atoms with Gasteiger partial charge in [-0.25, -0.2) is 4.98 Å². The average Bonchev–Trinajstić information content (AvgIpc) is 3.42. The molecule has 0 aliphatic heterocycles.